The summed E-state index contributed by atoms with van der Waals surface area (Å²) in [6.07, 6.45) is 0. The number of nitrogens with one attached hydrogen (secondary N) is 1. The highest BCUT2D eigenvalue weighted by Gasteiger charge is 2.09. The maximum Gasteiger partial charge on any atom is 0.251 e. The van der Waals surface area contributed by atoms with Crippen LogP contribution in [0.25, 0.3) is 0 Å². The highest BCUT2D eigenvalue weighted by atomic mass is 32.2. The first kappa shape index (κ1) is 17.3. The Morgan fingerprint density at radius 1 is 1.22 bits per heavy atom. The summed E-state index contributed by atoms with van der Waals surface area (Å²) in [5, 5.41) is 2.79. The number of hydrogen-bond donors (Lipinski definition) is 1. The molecule has 0 saturated carbocycles. The molecule has 3 nitrogen and oxygen atoms in total. The van der Waals surface area contributed by atoms with Crippen LogP contribution in [0.15, 0.2) is 42.5 Å². The molecule has 23 heavy (non-hydrogen) atoms. The van der Waals surface area contributed by atoms with Gasteiger partial charge in [0, 0.05) is 23.6 Å². The van der Waals surface area contributed by atoms with Crippen molar-refractivity contribution in [2.24, 2.45) is 0 Å². The van der Waals surface area contributed by atoms with Gasteiger partial charge in [0.15, 0.2) is 11.6 Å². The van der Waals surface area contributed by atoms with Crippen molar-refractivity contribution in [3.05, 3.63) is 65.0 Å². The van der Waals surface area contributed by atoms with Crippen LogP contribution < -0.4 is 10.1 Å². The van der Waals surface area contributed by atoms with Gasteiger partial charge in [0.1, 0.15) is 0 Å². The van der Waals surface area contributed by atoms with E-state index >= 15 is 0 Å². The minimum absolute atomic E-state index is 0.134. The zero-order chi connectivity index (χ0) is 16.7. The van der Waals surface area contributed by atoms with E-state index in [0.29, 0.717) is 12.1 Å². The fourth-order valence-corrected chi connectivity index (χ4v) is 2.84. The van der Waals surface area contributed by atoms with Crippen LogP contribution >= 0.6 is 11.8 Å². The lowest BCUT2D eigenvalue weighted by Gasteiger charge is -2.07. The quantitative estimate of drug-likeness (QED) is 0.783. The van der Waals surface area contributed by atoms with Gasteiger partial charge in [-0.1, -0.05) is 29.8 Å². The van der Waals surface area contributed by atoms with Gasteiger partial charge in [-0.2, -0.15) is 11.8 Å². The SMILES string of the molecule is COc1ccc(C(=O)NCCSCc2ccc(C)cc2)cc1F. The van der Waals surface area contributed by atoms with Crippen molar-refractivity contribution in [2.75, 3.05) is 19.4 Å². The van der Waals surface area contributed by atoms with Crippen LogP contribution in [0, 0.1) is 12.7 Å². The summed E-state index contributed by atoms with van der Waals surface area (Å²) in [5.74, 6) is 1.04. The molecule has 0 aromatic heterocycles. The van der Waals surface area contributed by atoms with Crippen LogP contribution in [0.3, 0.4) is 0 Å². The lowest BCUT2D eigenvalue weighted by molar-refractivity contribution is 0.0955. The second-order valence-corrected chi connectivity index (χ2v) is 6.25. The highest BCUT2D eigenvalue weighted by molar-refractivity contribution is 7.98. The zero-order valence-corrected chi connectivity index (χ0v) is 14.1. The van der Waals surface area contributed by atoms with Gasteiger partial charge in [-0.3, -0.25) is 4.79 Å². The molecule has 0 bridgehead atoms. The van der Waals surface area contributed by atoms with Crippen LogP contribution in [-0.4, -0.2) is 25.3 Å². The average molecular weight is 333 g/mol. The molecule has 2 aromatic carbocycles. The fraction of sp³-hybridized carbons (Fsp3) is 0.278. The van der Waals surface area contributed by atoms with E-state index in [1.807, 2.05) is 0 Å². The summed E-state index contributed by atoms with van der Waals surface area (Å²) < 4.78 is 18.4. The van der Waals surface area contributed by atoms with E-state index in [1.54, 1.807) is 17.8 Å². The fourth-order valence-electron chi connectivity index (χ4n) is 2.02. The zero-order valence-electron chi connectivity index (χ0n) is 13.3. The van der Waals surface area contributed by atoms with Gasteiger partial charge < -0.3 is 10.1 Å². The second-order valence-electron chi connectivity index (χ2n) is 5.14. The summed E-state index contributed by atoms with van der Waals surface area (Å²) in [6, 6.07) is 12.6. The van der Waals surface area contributed by atoms with E-state index in [4.69, 9.17) is 4.74 Å². The molecule has 0 unspecified atom stereocenters. The number of hydrogen-bond acceptors (Lipinski definition) is 3. The summed E-state index contributed by atoms with van der Waals surface area (Å²) >= 11 is 1.75. The smallest absolute Gasteiger partial charge is 0.251 e. The van der Waals surface area contributed by atoms with Crippen LogP contribution in [0.5, 0.6) is 5.75 Å². The maximum atomic E-state index is 13.6. The predicted octanol–water partition coefficient (Wildman–Crippen LogP) is 3.81. The van der Waals surface area contributed by atoms with Gasteiger partial charge in [0.2, 0.25) is 0 Å². The molecule has 0 aliphatic carbocycles. The Balaban J connectivity index is 1.72. The largest absolute Gasteiger partial charge is 0.494 e. The van der Waals surface area contributed by atoms with Gasteiger partial charge in [-0.05, 0) is 30.7 Å². The van der Waals surface area contributed by atoms with Gasteiger partial charge in [-0.25, -0.2) is 4.39 Å². The molecule has 2 rings (SSSR count). The Bertz CT molecular complexity index is 659. The van der Waals surface area contributed by atoms with Crippen LogP contribution in [0.2, 0.25) is 0 Å². The normalized spacial score (nSPS) is 10.4. The van der Waals surface area contributed by atoms with Crippen molar-refractivity contribution in [3.8, 4) is 5.75 Å². The summed E-state index contributed by atoms with van der Waals surface area (Å²) in [5.41, 5.74) is 2.81. The standard InChI is InChI=1S/C18H20FNO2S/c1-13-3-5-14(6-4-13)12-23-10-9-20-18(21)15-7-8-17(22-2)16(19)11-15/h3-8,11H,9-10,12H2,1-2H3,(H,20,21). The summed E-state index contributed by atoms with van der Waals surface area (Å²) in [7, 11) is 1.39. The molecule has 0 spiro atoms. The van der Waals surface area contributed by atoms with Crippen molar-refractivity contribution in [1.29, 1.82) is 0 Å². The molecule has 5 heteroatoms. The van der Waals surface area contributed by atoms with Gasteiger partial charge >= 0.3 is 0 Å². The number of rotatable bonds is 7. The van der Waals surface area contributed by atoms with Crippen molar-refractivity contribution in [2.45, 2.75) is 12.7 Å². The first-order valence-corrected chi connectivity index (χ1v) is 8.50. The van der Waals surface area contributed by atoms with Crippen LogP contribution in [0.1, 0.15) is 21.5 Å². The number of halogens is 1. The molecule has 2 aromatic rings. The molecule has 0 fully saturated rings. The number of carbonyl (C=O) groups is 1. The number of amides is 1. The number of benzene rings is 2. The van der Waals surface area contributed by atoms with Crippen molar-refractivity contribution >= 4 is 17.7 Å². The van der Waals surface area contributed by atoms with Crippen LogP contribution in [0.4, 0.5) is 4.39 Å². The Hall–Kier alpha value is -2.01. The Morgan fingerprint density at radius 3 is 2.61 bits per heavy atom. The third-order valence-electron chi connectivity index (χ3n) is 3.34. The lowest BCUT2D eigenvalue weighted by atomic mass is 10.2. The number of thioether (sulfide) groups is 1. The number of carbonyl (C=O) groups excluding carboxylic acids is 1. The van der Waals surface area contributed by atoms with Crippen molar-refractivity contribution in [3.63, 3.8) is 0 Å². The minimum Gasteiger partial charge on any atom is -0.494 e. The van der Waals surface area contributed by atoms with Crippen molar-refractivity contribution in [1.82, 2.24) is 5.32 Å². The van der Waals surface area contributed by atoms with E-state index in [0.717, 1.165) is 11.5 Å². The first-order chi connectivity index (χ1) is 11.1. The Morgan fingerprint density at radius 2 is 1.96 bits per heavy atom. The predicted molar refractivity (Wildman–Crippen MR) is 92.6 cm³/mol. The maximum absolute atomic E-state index is 13.6. The van der Waals surface area contributed by atoms with E-state index < -0.39 is 5.82 Å². The molecule has 122 valence electrons. The number of methoxy groups -OCH3 is 1. The molecule has 0 atom stereocenters. The molecule has 1 amide bonds. The highest BCUT2D eigenvalue weighted by Crippen LogP contribution is 2.17. The van der Waals surface area contributed by atoms with E-state index in [-0.39, 0.29) is 11.7 Å². The summed E-state index contributed by atoms with van der Waals surface area (Å²) in [6.45, 7) is 2.61. The molecule has 0 aliphatic heterocycles. The van der Waals surface area contributed by atoms with E-state index in [2.05, 4.69) is 36.5 Å². The molecule has 0 aliphatic rings. The molecule has 0 saturated heterocycles. The second kappa shape index (κ2) is 8.58. The Kier molecular flexibility index (Phi) is 6.47. The van der Waals surface area contributed by atoms with E-state index in [1.165, 1.54) is 30.4 Å². The number of ether oxygens (including phenoxy) is 1. The van der Waals surface area contributed by atoms with E-state index in [9.17, 15) is 9.18 Å². The monoisotopic (exact) mass is 333 g/mol. The topological polar surface area (TPSA) is 38.3 Å². The molecular weight excluding hydrogens is 313 g/mol. The van der Waals surface area contributed by atoms with Gasteiger partial charge in [0.25, 0.3) is 5.91 Å². The van der Waals surface area contributed by atoms with Crippen molar-refractivity contribution < 1.29 is 13.9 Å². The Labute approximate surface area is 140 Å². The third-order valence-corrected chi connectivity index (χ3v) is 4.37. The molecule has 1 N–H and O–H groups in total. The van der Waals surface area contributed by atoms with Gasteiger partial charge in [0.05, 0.1) is 7.11 Å². The first-order valence-electron chi connectivity index (χ1n) is 7.35. The minimum atomic E-state index is -0.533. The number of aryl methyl sites for hydroxylation is 1. The van der Waals surface area contributed by atoms with Gasteiger partial charge in [-0.15, -0.1) is 0 Å². The molecular formula is C18H20FNO2S. The summed E-state index contributed by atoms with van der Waals surface area (Å²) in [4.78, 5) is 11.9. The molecule has 0 radical (unpaired) electrons. The van der Waals surface area contributed by atoms with Crippen LogP contribution in [-0.2, 0) is 5.75 Å². The third kappa shape index (κ3) is 5.28. The average Bonchev–Trinajstić information content (AvgIpc) is 2.56. The molecule has 0 heterocycles. The lowest BCUT2D eigenvalue weighted by Crippen LogP contribution is -2.25.